The average Bonchev–Trinajstić information content (AvgIpc) is 3.21. The molecule has 0 radical (unpaired) electrons. The Bertz CT molecular complexity index is 401. The predicted octanol–water partition coefficient (Wildman–Crippen LogP) is 0.256. The molecule has 1 saturated carbocycles. The zero-order chi connectivity index (χ0) is 15.6. The van der Waals surface area contributed by atoms with E-state index in [2.05, 4.69) is 5.32 Å². The highest BCUT2D eigenvalue weighted by atomic mass is 16.5. The molecule has 3 N–H and O–H groups in total. The summed E-state index contributed by atoms with van der Waals surface area (Å²) in [6.45, 7) is 7.25. The standard InChI is InChI=1S/C15H27N3O3/c1-15(2,3)12(16)8-13(19)18-6-7-21-9-11(18)14(20)17-10-4-5-10/h10-12H,4-9,16H2,1-3H3,(H,17,20). The van der Waals surface area contributed by atoms with Crippen LogP contribution in [0.3, 0.4) is 0 Å². The Morgan fingerprint density at radius 1 is 1.38 bits per heavy atom. The third-order valence-corrected chi connectivity index (χ3v) is 4.18. The maximum atomic E-state index is 12.5. The first-order chi connectivity index (χ1) is 9.79. The van der Waals surface area contributed by atoms with Crippen molar-refractivity contribution in [3.8, 4) is 0 Å². The second-order valence-corrected chi connectivity index (χ2v) is 7.14. The van der Waals surface area contributed by atoms with Gasteiger partial charge in [0.2, 0.25) is 11.8 Å². The number of hydrogen-bond donors (Lipinski definition) is 2. The quantitative estimate of drug-likeness (QED) is 0.779. The maximum absolute atomic E-state index is 12.5. The topological polar surface area (TPSA) is 84.7 Å². The van der Waals surface area contributed by atoms with Gasteiger partial charge in [-0.05, 0) is 18.3 Å². The molecule has 0 spiro atoms. The smallest absolute Gasteiger partial charge is 0.245 e. The minimum Gasteiger partial charge on any atom is -0.377 e. The lowest BCUT2D eigenvalue weighted by atomic mass is 9.85. The molecule has 2 unspecified atom stereocenters. The van der Waals surface area contributed by atoms with Gasteiger partial charge in [0.05, 0.1) is 13.2 Å². The molecule has 0 aromatic carbocycles. The first-order valence-corrected chi connectivity index (χ1v) is 7.72. The first kappa shape index (κ1) is 16.2. The van der Waals surface area contributed by atoms with E-state index in [9.17, 15) is 9.59 Å². The van der Waals surface area contributed by atoms with Crippen molar-refractivity contribution >= 4 is 11.8 Å². The van der Waals surface area contributed by atoms with Crippen molar-refractivity contribution in [1.82, 2.24) is 10.2 Å². The Morgan fingerprint density at radius 3 is 2.62 bits per heavy atom. The number of nitrogens with one attached hydrogen (secondary N) is 1. The molecule has 2 amide bonds. The van der Waals surface area contributed by atoms with Gasteiger partial charge in [-0.3, -0.25) is 9.59 Å². The van der Waals surface area contributed by atoms with E-state index in [1.54, 1.807) is 4.90 Å². The largest absolute Gasteiger partial charge is 0.377 e. The maximum Gasteiger partial charge on any atom is 0.245 e. The van der Waals surface area contributed by atoms with Crippen molar-refractivity contribution in [1.29, 1.82) is 0 Å². The second kappa shape index (κ2) is 6.32. The normalized spacial score (nSPS) is 24.6. The first-order valence-electron chi connectivity index (χ1n) is 7.72. The Labute approximate surface area is 126 Å². The molecule has 2 atom stereocenters. The molecule has 2 aliphatic rings. The summed E-state index contributed by atoms with van der Waals surface area (Å²) in [6.07, 6.45) is 2.32. The summed E-state index contributed by atoms with van der Waals surface area (Å²) >= 11 is 0. The van der Waals surface area contributed by atoms with Crippen LogP contribution in [0.25, 0.3) is 0 Å². The molecule has 120 valence electrons. The number of rotatable bonds is 4. The van der Waals surface area contributed by atoms with Crippen LogP contribution in [0, 0.1) is 5.41 Å². The minimum atomic E-state index is -0.515. The molecule has 6 nitrogen and oxygen atoms in total. The number of carbonyl (C=O) groups is 2. The number of ether oxygens (including phenoxy) is 1. The zero-order valence-corrected chi connectivity index (χ0v) is 13.2. The number of amides is 2. The van der Waals surface area contributed by atoms with Gasteiger partial charge in [0.15, 0.2) is 0 Å². The highest BCUT2D eigenvalue weighted by Crippen LogP contribution is 2.22. The van der Waals surface area contributed by atoms with Crippen LogP contribution in [-0.2, 0) is 14.3 Å². The molecule has 1 heterocycles. The molecule has 1 saturated heterocycles. The molecule has 6 heteroatoms. The molecule has 2 rings (SSSR count). The van der Waals surface area contributed by atoms with Gasteiger partial charge >= 0.3 is 0 Å². The van der Waals surface area contributed by atoms with Crippen molar-refractivity contribution < 1.29 is 14.3 Å². The fourth-order valence-corrected chi connectivity index (χ4v) is 2.26. The van der Waals surface area contributed by atoms with Crippen LogP contribution in [0.2, 0.25) is 0 Å². The van der Waals surface area contributed by atoms with Gasteiger partial charge in [-0.2, -0.15) is 0 Å². The fourth-order valence-electron chi connectivity index (χ4n) is 2.26. The lowest BCUT2D eigenvalue weighted by Crippen LogP contribution is -2.57. The number of carbonyl (C=O) groups excluding carboxylic acids is 2. The monoisotopic (exact) mass is 297 g/mol. The molecule has 0 aromatic rings. The van der Waals surface area contributed by atoms with Gasteiger partial charge in [-0.15, -0.1) is 0 Å². The third-order valence-electron chi connectivity index (χ3n) is 4.18. The van der Waals surface area contributed by atoms with Crippen LogP contribution in [0.15, 0.2) is 0 Å². The van der Waals surface area contributed by atoms with Crippen molar-refractivity contribution in [3.05, 3.63) is 0 Å². The average molecular weight is 297 g/mol. The van der Waals surface area contributed by atoms with E-state index in [4.69, 9.17) is 10.5 Å². The lowest BCUT2D eigenvalue weighted by molar-refractivity contribution is -0.149. The number of nitrogens with zero attached hydrogens (tertiary/aromatic N) is 1. The van der Waals surface area contributed by atoms with Crippen molar-refractivity contribution in [2.24, 2.45) is 11.1 Å². The van der Waals surface area contributed by atoms with E-state index in [0.29, 0.717) is 13.2 Å². The Morgan fingerprint density at radius 2 is 2.05 bits per heavy atom. The lowest BCUT2D eigenvalue weighted by Gasteiger charge is -2.36. The number of nitrogens with two attached hydrogens (primary N) is 1. The fraction of sp³-hybridized carbons (Fsp3) is 0.867. The molecule has 2 fully saturated rings. The van der Waals surface area contributed by atoms with Crippen LogP contribution in [0.5, 0.6) is 0 Å². The van der Waals surface area contributed by atoms with E-state index >= 15 is 0 Å². The molecular weight excluding hydrogens is 270 g/mol. The van der Waals surface area contributed by atoms with Gasteiger partial charge in [0, 0.05) is 25.0 Å². The summed E-state index contributed by atoms with van der Waals surface area (Å²) in [5.74, 6) is -0.161. The van der Waals surface area contributed by atoms with E-state index in [1.807, 2.05) is 20.8 Å². The van der Waals surface area contributed by atoms with Gasteiger partial charge in [-0.25, -0.2) is 0 Å². The Kier molecular flexibility index (Phi) is 4.88. The van der Waals surface area contributed by atoms with Gasteiger partial charge in [-0.1, -0.05) is 20.8 Å². The van der Waals surface area contributed by atoms with Crippen LogP contribution < -0.4 is 11.1 Å². The van der Waals surface area contributed by atoms with E-state index < -0.39 is 6.04 Å². The van der Waals surface area contributed by atoms with E-state index in [0.717, 1.165) is 12.8 Å². The van der Waals surface area contributed by atoms with Gasteiger partial charge in [0.25, 0.3) is 0 Å². The molecule has 0 bridgehead atoms. The second-order valence-electron chi connectivity index (χ2n) is 7.14. The highest BCUT2D eigenvalue weighted by Gasteiger charge is 2.36. The van der Waals surface area contributed by atoms with E-state index in [-0.39, 0.29) is 42.3 Å². The summed E-state index contributed by atoms with van der Waals surface area (Å²) in [5, 5.41) is 2.95. The molecule has 1 aliphatic carbocycles. The molecule has 21 heavy (non-hydrogen) atoms. The summed E-state index contributed by atoms with van der Waals surface area (Å²) in [5.41, 5.74) is 5.96. The van der Waals surface area contributed by atoms with Crippen LogP contribution in [0.1, 0.15) is 40.0 Å². The SMILES string of the molecule is CC(C)(C)C(N)CC(=O)N1CCOCC1C(=O)NC1CC1. The van der Waals surface area contributed by atoms with Gasteiger partial charge < -0.3 is 20.7 Å². The Hall–Kier alpha value is -1.14. The number of hydrogen-bond acceptors (Lipinski definition) is 4. The minimum absolute atomic E-state index is 0.0586. The van der Waals surface area contributed by atoms with Crippen molar-refractivity contribution in [2.45, 2.75) is 58.2 Å². The predicted molar refractivity (Wildman–Crippen MR) is 79.5 cm³/mol. The van der Waals surface area contributed by atoms with Crippen LogP contribution in [0.4, 0.5) is 0 Å². The van der Waals surface area contributed by atoms with E-state index in [1.165, 1.54) is 0 Å². The molecule has 1 aliphatic heterocycles. The molecular formula is C15H27N3O3. The van der Waals surface area contributed by atoms with Crippen LogP contribution in [-0.4, -0.2) is 54.6 Å². The van der Waals surface area contributed by atoms with Crippen molar-refractivity contribution in [3.63, 3.8) is 0 Å². The van der Waals surface area contributed by atoms with Crippen molar-refractivity contribution in [2.75, 3.05) is 19.8 Å². The summed E-state index contributed by atoms with van der Waals surface area (Å²) in [6, 6.07) is -0.452. The summed E-state index contributed by atoms with van der Waals surface area (Å²) in [7, 11) is 0. The van der Waals surface area contributed by atoms with Gasteiger partial charge in [0.1, 0.15) is 6.04 Å². The highest BCUT2D eigenvalue weighted by molar-refractivity contribution is 5.88. The van der Waals surface area contributed by atoms with Crippen LogP contribution >= 0.6 is 0 Å². The number of morpholine rings is 1. The molecule has 0 aromatic heterocycles. The Balaban J connectivity index is 1.96. The third kappa shape index (κ3) is 4.41. The zero-order valence-electron chi connectivity index (χ0n) is 13.2. The summed E-state index contributed by atoms with van der Waals surface area (Å²) < 4.78 is 5.37. The summed E-state index contributed by atoms with van der Waals surface area (Å²) in [4.78, 5) is 26.3.